The van der Waals surface area contributed by atoms with E-state index >= 15 is 0 Å². The Kier molecular flexibility index (Phi) is 6.42. The van der Waals surface area contributed by atoms with E-state index < -0.39 is 0 Å². The molecule has 31 heavy (non-hydrogen) atoms. The van der Waals surface area contributed by atoms with Crippen LogP contribution in [0.2, 0.25) is 0 Å². The number of fused-ring (bicyclic) bond motifs is 1. The van der Waals surface area contributed by atoms with Crippen LogP contribution in [0, 0.1) is 0 Å². The smallest absolute Gasteiger partial charge is 0.179 e. The van der Waals surface area contributed by atoms with Gasteiger partial charge < -0.3 is 20.5 Å². The first-order valence-electron chi connectivity index (χ1n) is 10.3. The minimum Gasteiger partial charge on any atom is -0.469 e. The summed E-state index contributed by atoms with van der Waals surface area (Å²) in [5.74, 6) is 1.86. The average Bonchev–Trinajstić information content (AvgIpc) is 3.46. The van der Waals surface area contributed by atoms with Gasteiger partial charge in [0.05, 0.1) is 12.0 Å². The zero-order valence-corrected chi connectivity index (χ0v) is 17.5. The van der Waals surface area contributed by atoms with Crippen molar-refractivity contribution in [2.75, 3.05) is 18.9 Å². The van der Waals surface area contributed by atoms with Crippen molar-refractivity contribution >= 4 is 28.6 Å². The predicted octanol–water partition coefficient (Wildman–Crippen LogP) is 3.99. The number of furan rings is 1. The molecule has 4 rings (SSSR count). The molecule has 4 N–H and O–H groups in total. The summed E-state index contributed by atoms with van der Waals surface area (Å²) in [6, 6.07) is 14.2. The molecule has 0 atom stereocenters. The predicted molar refractivity (Wildman–Crippen MR) is 125 cm³/mol. The van der Waals surface area contributed by atoms with E-state index in [2.05, 4.69) is 49.5 Å². The van der Waals surface area contributed by atoms with Crippen molar-refractivity contribution in [3.05, 3.63) is 83.8 Å². The standard InChI is InChI=1S/C24H26N6O/c1-26-16-19(15-25)18-6-4-17(5-7-18)10-12-27-21-11-13-28-24-23(21)29-22(30-24)9-8-20-3-2-14-31-20/h2-7,11,13-16H,8-10,12,25H2,1H3,(H2,27,28,29,30)/b19-15+,26-16?. The van der Waals surface area contributed by atoms with E-state index in [1.165, 1.54) is 5.56 Å². The highest BCUT2D eigenvalue weighted by atomic mass is 16.3. The van der Waals surface area contributed by atoms with Gasteiger partial charge in [-0.15, -0.1) is 0 Å². The fourth-order valence-electron chi connectivity index (χ4n) is 3.48. The molecule has 0 aliphatic rings. The van der Waals surface area contributed by atoms with Crippen molar-refractivity contribution in [2.24, 2.45) is 10.7 Å². The fourth-order valence-corrected chi connectivity index (χ4v) is 3.48. The van der Waals surface area contributed by atoms with Gasteiger partial charge in [-0.05, 0) is 35.7 Å². The van der Waals surface area contributed by atoms with E-state index in [9.17, 15) is 0 Å². The maximum absolute atomic E-state index is 5.68. The molecule has 0 aliphatic heterocycles. The number of nitrogens with zero attached hydrogens (tertiary/aromatic N) is 3. The highest BCUT2D eigenvalue weighted by molar-refractivity contribution is 6.09. The molecule has 0 radical (unpaired) electrons. The number of anilines is 1. The normalized spacial score (nSPS) is 12.1. The third-order valence-electron chi connectivity index (χ3n) is 5.09. The van der Waals surface area contributed by atoms with Gasteiger partial charge in [-0.1, -0.05) is 24.3 Å². The van der Waals surface area contributed by atoms with Crippen LogP contribution in [0.1, 0.15) is 22.7 Å². The Morgan fingerprint density at radius 2 is 2.03 bits per heavy atom. The van der Waals surface area contributed by atoms with Gasteiger partial charge in [0.1, 0.15) is 17.1 Å². The van der Waals surface area contributed by atoms with Crippen molar-refractivity contribution in [3.8, 4) is 0 Å². The Hall–Kier alpha value is -3.87. The van der Waals surface area contributed by atoms with Crippen LogP contribution in [-0.2, 0) is 19.3 Å². The first kappa shape index (κ1) is 20.4. The number of rotatable bonds is 9. The molecule has 158 valence electrons. The molecule has 3 aromatic heterocycles. The minimum atomic E-state index is 0.725. The molecule has 0 aliphatic carbocycles. The lowest BCUT2D eigenvalue weighted by molar-refractivity contribution is 0.507. The number of H-pyrrole nitrogens is 1. The van der Waals surface area contributed by atoms with Crippen molar-refractivity contribution in [2.45, 2.75) is 19.3 Å². The molecular formula is C24H26N6O. The molecule has 1 aromatic carbocycles. The van der Waals surface area contributed by atoms with E-state index in [1.807, 2.05) is 18.2 Å². The maximum Gasteiger partial charge on any atom is 0.179 e. The quantitative estimate of drug-likeness (QED) is 0.359. The van der Waals surface area contributed by atoms with E-state index in [4.69, 9.17) is 10.2 Å². The number of aromatic nitrogens is 3. The fraction of sp³-hybridized carbons (Fsp3) is 0.208. The lowest BCUT2D eigenvalue weighted by Gasteiger charge is -2.08. The Morgan fingerprint density at radius 3 is 2.77 bits per heavy atom. The highest BCUT2D eigenvalue weighted by Gasteiger charge is 2.09. The third-order valence-corrected chi connectivity index (χ3v) is 5.09. The number of nitrogens with two attached hydrogens (primary N) is 1. The molecule has 0 fully saturated rings. The zero-order valence-electron chi connectivity index (χ0n) is 17.5. The Bertz CT molecular complexity index is 1170. The lowest BCUT2D eigenvalue weighted by atomic mass is 10.0. The van der Waals surface area contributed by atoms with Gasteiger partial charge in [-0.2, -0.15) is 0 Å². The van der Waals surface area contributed by atoms with Crippen LogP contribution in [0.15, 0.2) is 70.5 Å². The summed E-state index contributed by atoms with van der Waals surface area (Å²) in [6.07, 6.45) is 9.29. The monoisotopic (exact) mass is 414 g/mol. The van der Waals surface area contributed by atoms with Gasteiger partial charge >= 0.3 is 0 Å². The molecule has 0 spiro atoms. The molecule has 4 aromatic rings. The topological polar surface area (TPSA) is 105 Å². The lowest BCUT2D eigenvalue weighted by Crippen LogP contribution is -2.05. The third kappa shape index (κ3) is 5.01. The summed E-state index contributed by atoms with van der Waals surface area (Å²) in [4.78, 5) is 16.4. The van der Waals surface area contributed by atoms with Gasteiger partial charge in [-0.25, -0.2) is 9.97 Å². The van der Waals surface area contributed by atoms with Crippen LogP contribution in [0.3, 0.4) is 0 Å². The summed E-state index contributed by atoms with van der Waals surface area (Å²) in [5.41, 5.74) is 11.6. The average molecular weight is 415 g/mol. The van der Waals surface area contributed by atoms with Gasteiger partial charge in [0, 0.05) is 50.6 Å². The van der Waals surface area contributed by atoms with Crippen LogP contribution >= 0.6 is 0 Å². The van der Waals surface area contributed by atoms with E-state index in [0.717, 1.165) is 65.4 Å². The van der Waals surface area contributed by atoms with E-state index in [0.29, 0.717) is 0 Å². The van der Waals surface area contributed by atoms with Crippen molar-refractivity contribution in [3.63, 3.8) is 0 Å². The molecule has 7 nitrogen and oxygen atoms in total. The van der Waals surface area contributed by atoms with Crippen molar-refractivity contribution in [1.82, 2.24) is 15.0 Å². The number of aromatic amines is 1. The summed E-state index contributed by atoms with van der Waals surface area (Å²) in [5, 5.41) is 3.51. The van der Waals surface area contributed by atoms with Crippen LogP contribution in [0.4, 0.5) is 5.69 Å². The SMILES string of the molecule is CN=C/C(=C\N)c1ccc(CCNc2ccnc3nc(CCc4ccco4)[nH]c23)cc1. The minimum absolute atomic E-state index is 0.725. The van der Waals surface area contributed by atoms with Gasteiger partial charge in [-0.3, -0.25) is 4.99 Å². The number of imidazole rings is 1. The van der Waals surface area contributed by atoms with Gasteiger partial charge in [0.15, 0.2) is 5.65 Å². The maximum atomic E-state index is 5.68. The number of hydrogen-bond donors (Lipinski definition) is 3. The molecule has 0 unspecified atom stereocenters. The molecule has 0 amide bonds. The zero-order chi connectivity index (χ0) is 21.5. The van der Waals surface area contributed by atoms with E-state index in [1.54, 1.807) is 31.9 Å². The second-order valence-electron chi connectivity index (χ2n) is 7.20. The Balaban J connectivity index is 1.37. The Labute approximate surface area is 181 Å². The number of nitrogens with one attached hydrogen (secondary N) is 2. The second kappa shape index (κ2) is 9.75. The summed E-state index contributed by atoms with van der Waals surface area (Å²) < 4.78 is 5.40. The molecule has 0 saturated carbocycles. The molecule has 7 heteroatoms. The Morgan fingerprint density at radius 1 is 1.16 bits per heavy atom. The number of aliphatic imine (C=N–C) groups is 1. The number of benzene rings is 1. The summed E-state index contributed by atoms with van der Waals surface area (Å²) in [6.45, 7) is 0.801. The number of allylic oxidation sites excluding steroid dienone is 1. The van der Waals surface area contributed by atoms with Crippen LogP contribution < -0.4 is 11.1 Å². The van der Waals surface area contributed by atoms with Gasteiger partial charge in [0.25, 0.3) is 0 Å². The van der Waals surface area contributed by atoms with Crippen molar-refractivity contribution < 1.29 is 4.42 Å². The van der Waals surface area contributed by atoms with Gasteiger partial charge in [0.2, 0.25) is 0 Å². The first-order valence-corrected chi connectivity index (χ1v) is 10.3. The largest absolute Gasteiger partial charge is 0.469 e. The number of hydrogen-bond acceptors (Lipinski definition) is 6. The van der Waals surface area contributed by atoms with Crippen LogP contribution in [0.25, 0.3) is 16.7 Å². The second-order valence-corrected chi connectivity index (χ2v) is 7.20. The molecule has 3 heterocycles. The van der Waals surface area contributed by atoms with Crippen molar-refractivity contribution in [1.29, 1.82) is 0 Å². The highest BCUT2D eigenvalue weighted by Crippen LogP contribution is 2.20. The summed E-state index contributed by atoms with van der Waals surface area (Å²) in [7, 11) is 1.74. The van der Waals surface area contributed by atoms with Crippen LogP contribution in [-0.4, -0.2) is 34.8 Å². The molecule has 0 bridgehead atoms. The van der Waals surface area contributed by atoms with E-state index in [-0.39, 0.29) is 0 Å². The summed E-state index contributed by atoms with van der Waals surface area (Å²) >= 11 is 0. The molecule has 0 saturated heterocycles. The first-order chi connectivity index (χ1) is 15.3. The number of pyridine rings is 1. The number of aryl methyl sites for hydroxylation is 2. The van der Waals surface area contributed by atoms with Crippen LogP contribution in [0.5, 0.6) is 0 Å². The molecular weight excluding hydrogens is 388 g/mol.